The predicted octanol–water partition coefficient (Wildman–Crippen LogP) is 9.36. The first kappa shape index (κ1) is 22.6. The Morgan fingerprint density at radius 2 is 1.00 bits per heavy atom. The Balaban J connectivity index is 1.37. The number of hydrogen-bond acceptors (Lipinski definition) is 2. The highest BCUT2D eigenvalue weighted by atomic mass is 16.5. The third-order valence-corrected chi connectivity index (χ3v) is 8.39. The van der Waals surface area contributed by atoms with Crippen molar-refractivity contribution in [1.29, 1.82) is 5.26 Å². The van der Waals surface area contributed by atoms with Crippen LogP contribution in [0.3, 0.4) is 0 Å². The minimum Gasteiger partial charge on any atom is -0.457 e. The van der Waals surface area contributed by atoms with Gasteiger partial charge in [0.2, 0.25) is 0 Å². The molecule has 2 nitrogen and oxygen atoms in total. The van der Waals surface area contributed by atoms with Crippen LogP contribution in [0.1, 0.15) is 27.8 Å². The van der Waals surface area contributed by atoms with Gasteiger partial charge >= 0.3 is 0 Å². The highest BCUT2D eigenvalue weighted by molar-refractivity contribution is 5.89. The number of hydrogen-bond donors (Lipinski definition) is 0. The summed E-state index contributed by atoms with van der Waals surface area (Å²) in [5.41, 5.74) is 12.1. The van der Waals surface area contributed by atoms with Crippen molar-refractivity contribution in [3.63, 3.8) is 0 Å². The Kier molecular flexibility index (Phi) is 4.83. The van der Waals surface area contributed by atoms with Crippen molar-refractivity contribution in [3.05, 3.63) is 167 Å². The van der Waals surface area contributed by atoms with Gasteiger partial charge in [0.25, 0.3) is 0 Å². The summed E-state index contributed by atoms with van der Waals surface area (Å²) in [4.78, 5) is 0. The van der Waals surface area contributed by atoms with E-state index in [4.69, 9.17) is 4.74 Å². The maximum absolute atomic E-state index is 9.20. The van der Waals surface area contributed by atoms with Gasteiger partial charge in [0.05, 0.1) is 17.0 Å². The molecule has 0 bridgehead atoms. The van der Waals surface area contributed by atoms with Gasteiger partial charge in [-0.25, -0.2) is 0 Å². The van der Waals surface area contributed by atoms with Crippen molar-refractivity contribution in [2.24, 2.45) is 0 Å². The fraction of sp³-hybridized carbons (Fsp3) is 0.0263. The molecule has 1 aliphatic heterocycles. The summed E-state index contributed by atoms with van der Waals surface area (Å²) in [6.45, 7) is 0. The van der Waals surface area contributed by atoms with E-state index < -0.39 is 5.41 Å². The van der Waals surface area contributed by atoms with E-state index in [1.54, 1.807) is 0 Å². The predicted molar refractivity (Wildman–Crippen MR) is 159 cm³/mol. The third kappa shape index (κ3) is 3.09. The molecule has 2 aliphatic rings. The maximum Gasteiger partial charge on any atom is 0.132 e. The Morgan fingerprint density at radius 3 is 1.70 bits per heavy atom. The Morgan fingerprint density at radius 1 is 0.450 bits per heavy atom. The number of para-hydroxylation sites is 1. The van der Waals surface area contributed by atoms with Gasteiger partial charge in [0, 0.05) is 11.1 Å². The monoisotopic (exact) mass is 509 g/mol. The fourth-order valence-corrected chi connectivity index (χ4v) is 6.65. The molecule has 186 valence electrons. The lowest BCUT2D eigenvalue weighted by Crippen LogP contribution is -2.32. The summed E-state index contributed by atoms with van der Waals surface area (Å²) >= 11 is 0. The fourth-order valence-electron chi connectivity index (χ4n) is 6.65. The SMILES string of the molecule is N#Cc1ccc(-c2cccc(-c3ccc4c(c3)C3(c5ccccc5O4)c4ccccc4-c4ccccc43)c2)cc1. The number of ether oxygens (including phenoxy) is 1. The average Bonchev–Trinajstić information content (AvgIpc) is 3.32. The van der Waals surface area contributed by atoms with Crippen molar-refractivity contribution in [3.8, 4) is 50.9 Å². The summed E-state index contributed by atoms with van der Waals surface area (Å²) in [7, 11) is 0. The minimum absolute atomic E-state index is 0.474. The minimum atomic E-state index is -0.474. The van der Waals surface area contributed by atoms with Crippen LogP contribution >= 0.6 is 0 Å². The van der Waals surface area contributed by atoms with Gasteiger partial charge < -0.3 is 4.74 Å². The molecule has 0 aromatic heterocycles. The van der Waals surface area contributed by atoms with Crippen molar-refractivity contribution < 1.29 is 4.74 Å². The van der Waals surface area contributed by atoms with E-state index in [0.717, 1.165) is 39.3 Å². The summed E-state index contributed by atoms with van der Waals surface area (Å²) in [5.74, 6) is 1.79. The molecule has 6 aromatic carbocycles. The van der Waals surface area contributed by atoms with Gasteiger partial charge in [-0.1, -0.05) is 103 Å². The van der Waals surface area contributed by atoms with E-state index in [1.807, 2.05) is 30.3 Å². The molecule has 0 saturated carbocycles. The molecule has 0 radical (unpaired) electrons. The van der Waals surface area contributed by atoms with E-state index in [9.17, 15) is 5.26 Å². The number of nitriles is 1. The van der Waals surface area contributed by atoms with E-state index in [-0.39, 0.29) is 0 Å². The lowest BCUT2D eigenvalue weighted by Gasteiger charge is -2.39. The van der Waals surface area contributed by atoms with E-state index >= 15 is 0 Å². The molecular weight excluding hydrogens is 486 g/mol. The highest BCUT2D eigenvalue weighted by Crippen LogP contribution is 2.62. The van der Waals surface area contributed by atoms with Gasteiger partial charge in [-0.2, -0.15) is 5.26 Å². The molecular formula is C38H23NO. The molecule has 1 heterocycles. The number of nitrogens with zero attached hydrogens (tertiary/aromatic N) is 1. The lowest BCUT2D eigenvalue weighted by molar-refractivity contribution is 0.436. The van der Waals surface area contributed by atoms with Crippen molar-refractivity contribution in [2.45, 2.75) is 5.41 Å². The van der Waals surface area contributed by atoms with Gasteiger partial charge in [-0.05, 0) is 80.9 Å². The molecule has 0 N–H and O–H groups in total. The van der Waals surface area contributed by atoms with Crippen LogP contribution in [0.2, 0.25) is 0 Å². The Hall–Kier alpha value is -5.39. The van der Waals surface area contributed by atoms with E-state index in [1.165, 1.54) is 27.8 Å². The van der Waals surface area contributed by atoms with Crippen LogP contribution in [0.25, 0.3) is 33.4 Å². The summed E-state index contributed by atoms with van der Waals surface area (Å²) in [6, 6.07) is 51.2. The first-order valence-corrected chi connectivity index (χ1v) is 13.5. The quantitative estimate of drug-likeness (QED) is 0.233. The molecule has 0 fully saturated rings. The molecule has 0 amide bonds. The molecule has 0 atom stereocenters. The zero-order valence-corrected chi connectivity index (χ0v) is 21.6. The lowest BCUT2D eigenvalue weighted by atomic mass is 9.66. The van der Waals surface area contributed by atoms with Crippen molar-refractivity contribution in [2.75, 3.05) is 0 Å². The summed E-state index contributed by atoms with van der Waals surface area (Å²) in [5, 5.41) is 9.20. The zero-order chi connectivity index (χ0) is 26.7. The maximum atomic E-state index is 9.20. The van der Waals surface area contributed by atoms with Gasteiger partial charge in [-0.3, -0.25) is 0 Å². The molecule has 1 aliphatic carbocycles. The molecule has 2 heteroatoms. The van der Waals surface area contributed by atoms with Crippen molar-refractivity contribution >= 4 is 0 Å². The molecule has 0 saturated heterocycles. The second-order valence-electron chi connectivity index (χ2n) is 10.4. The smallest absolute Gasteiger partial charge is 0.132 e. The average molecular weight is 510 g/mol. The highest BCUT2D eigenvalue weighted by Gasteiger charge is 2.50. The second kappa shape index (κ2) is 8.56. The molecule has 6 aromatic rings. The largest absolute Gasteiger partial charge is 0.457 e. The first-order chi connectivity index (χ1) is 19.8. The Labute approximate surface area is 233 Å². The van der Waals surface area contributed by atoms with Gasteiger partial charge in [0.1, 0.15) is 11.5 Å². The Bertz CT molecular complexity index is 1950. The van der Waals surface area contributed by atoms with Crippen LogP contribution in [0.5, 0.6) is 11.5 Å². The normalized spacial score (nSPS) is 13.4. The summed E-state index contributed by atoms with van der Waals surface area (Å²) in [6.07, 6.45) is 0. The topological polar surface area (TPSA) is 33.0 Å². The van der Waals surface area contributed by atoms with Crippen LogP contribution in [0, 0.1) is 11.3 Å². The van der Waals surface area contributed by atoms with Gasteiger partial charge in [0.15, 0.2) is 0 Å². The van der Waals surface area contributed by atoms with Crippen LogP contribution in [-0.2, 0) is 5.41 Å². The van der Waals surface area contributed by atoms with Crippen LogP contribution in [0.15, 0.2) is 140 Å². The van der Waals surface area contributed by atoms with Gasteiger partial charge in [-0.15, -0.1) is 0 Å². The number of benzene rings is 6. The molecule has 1 spiro atoms. The zero-order valence-electron chi connectivity index (χ0n) is 21.6. The summed E-state index contributed by atoms with van der Waals surface area (Å²) < 4.78 is 6.57. The third-order valence-electron chi connectivity index (χ3n) is 8.39. The van der Waals surface area contributed by atoms with Crippen LogP contribution < -0.4 is 4.74 Å². The molecule has 0 unspecified atom stereocenters. The standard InChI is InChI=1S/C38H23NO/c39-24-25-16-18-26(19-17-25)27-8-7-9-28(22-27)29-20-21-37-35(23-29)38(34-14-5-6-15-36(34)40-37)32-12-3-1-10-30(32)31-11-2-4-13-33(31)38/h1-23H. The van der Waals surface area contributed by atoms with E-state index in [0.29, 0.717) is 5.56 Å². The second-order valence-corrected chi connectivity index (χ2v) is 10.4. The molecule has 40 heavy (non-hydrogen) atoms. The van der Waals surface area contributed by atoms with Crippen molar-refractivity contribution in [1.82, 2.24) is 0 Å². The molecule has 8 rings (SSSR count). The van der Waals surface area contributed by atoms with Crippen LogP contribution in [0.4, 0.5) is 0 Å². The van der Waals surface area contributed by atoms with E-state index in [2.05, 4.69) is 115 Å². The number of rotatable bonds is 2. The number of fused-ring (bicyclic) bond motifs is 9. The van der Waals surface area contributed by atoms with Crippen LogP contribution in [-0.4, -0.2) is 0 Å². The first-order valence-electron chi connectivity index (χ1n) is 13.5.